The summed E-state index contributed by atoms with van der Waals surface area (Å²) in [5.41, 5.74) is 1.80. The van der Waals surface area contributed by atoms with Gasteiger partial charge in [-0.3, -0.25) is 9.59 Å². The molecule has 1 aliphatic carbocycles. The van der Waals surface area contributed by atoms with Gasteiger partial charge in [0.2, 0.25) is 5.91 Å². The third-order valence-corrected chi connectivity index (χ3v) is 8.05. The van der Waals surface area contributed by atoms with Crippen LogP contribution < -0.4 is 4.90 Å². The molecular weight excluding hydrogens is 413 g/mol. The number of hydrogen-bond acceptors (Lipinski definition) is 4. The molecule has 0 spiro atoms. The van der Waals surface area contributed by atoms with Gasteiger partial charge in [0.1, 0.15) is 5.82 Å². The Labute approximate surface area is 186 Å². The third-order valence-electron chi connectivity index (χ3n) is 6.82. The number of fused-ring (bicyclic) bond motifs is 1. The molecule has 3 aliphatic rings. The molecule has 31 heavy (non-hydrogen) atoms. The summed E-state index contributed by atoms with van der Waals surface area (Å²) in [6.07, 6.45) is 4.64. The molecule has 0 unspecified atom stereocenters. The van der Waals surface area contributed by atoms with E-state index in [0.717, 1.165) is 50.1 Å². The molecule has 3 heterocycles. The van der Waals surface area contributed by atoms with Crippen LogP contribution in [0.3, 0.4) is 0 Å². The van der Waals surface area contributed by atoms with Gasteiger partial charge in [-0.2, -0.15) is 0 Å². The van der Waals surface area contributed by atoms with E-state index in [0.29, 0.717) is 31.9 Å². The number of hydrogen-bond donors (Lipinski definition) is 0. The van der Waals surface area contributed by atoms with E-state index >= 15 is 0 Å². The summed E-state index contributed by atoms with van der Waals surface area (Å²) in [6.45, 7) is 4.27. The van der Waals surface area contributed by atoms with Gasteiger partial charge in [-0.15, -0.1) is 11.3 Å². The number of halogens is 1. The van der Waals surface area contributed by atoms with Crippen molar-refractivity contribution in [1.29, 1.82) is 0 Å². The molecule has 1 aromatic heterocycles. The molecule has 164 valence electrons. The molecule has 0 N–H and O–H groups in total. The van der Waals surface area contributed by atoms with Crippen LogP contribution in [0.5, 0.6) is 0 Å². The Kier molecular flexibility index (Phi) is 5.69. The van der Waals surface area contributed by atoms with Crippen molar-refractivity contribution in [3.8, 4) is 0 Å². The van der Waals surface area contributed by atoms with Gasteiger partial charge < -0.3 is 14.7 Å². The van der Waals surface area contributed by atoms with E-state index in [-0.39, 0.29) is 23.5 Å². The van der Waals surface area contributed by atoms with Crippen LogP contribution >= 0.6 is 11.3 Å². The molecule has 0 radical (unpaired) electrons. The number of likely N-dealkylation sites (tertiary alicyclic amines) is 1. The first kappa shape index (κ1) is 20.5. The van der Waals surface area contributed by atoms with Crippen LogP contribution in [0.2, 0.25) is 0 Å². The molecule has 0 bridgehead atoms. The van der Waals surface area contributed by atoms with E-state index < -0.39 is 0 Å². The molecule has 7 heteroatoms. The predicted octanol–water partition coefficient (Wildman–Crippen LogP) is 3.58. The Morgan fingerprint density at radius 2 is 1.71 bits per heavy atom. The Bertz CT molecular complexity index is 977. The number of anilines is 1. The predicted molar refractivity (Wildman–Crippen MR) is 120 cm³/mol. The van der Waals surface area contributed by atoms with Gasteiger partial charge >= 0.3 is 0 Å². The van der Waals surface area contributed by atoms with E-state index in [1.165, 1.54) is 16.5 Å². The third kappa shape index (κ3) is 4.07. The molecule has 0 saturated carbocycles. The Morgan fingerprint density at radius 3 is 2.45 bits per heavy atom. The van der Waals surface area contributed by atoms with Gasteiger partial charge in [0.15, 0.2) is 0 Å². The van der Waals surface area contributed by atoms with Gasteiger partial charge in [0.05, 0.1) is 10.6 Å². The van der Waals surface area contributed by atoms with Crippen molar-refractivity contribution >= 4 is 28.8 Å². The van der Waals surface area contributed by atoms with Crippen molar-refractivity contribution in [3.05, 3.63) is 51.5 Å². The zero-order valence-corrected chi connectivity index (χ0v) is 18.5. The lowest BCUT2D eigenvalue weighted by Gasteiger charge is -2.38. The fourth-order valence-electron chi connectivity index (χ4n) is 5.05. The fourth-order valence-corrected chi connectivity index (χ4v) is 6.23. The summed E-state index contributed by atoms with van der Waals surface area (Å²) in [7, 11) is 0. The van der Waals surface area contributed by atoms with Crippen LogP contribution in [0.15, 0.2) is 30.3 Å². The topological polar surface area (TPSA) is 43.9 Å². The Balaban J connectivity index is 1.20. The second kappa shape index (κ2) is 8.61. The van der Waals surface area contributed by atoms with Gasteiger partial charge in [0.25, 0.3) is 5.91 Å². The minimum absolute atomic E-state index is 0.0168. The summed E-state index contributed by atoms with van der Waals surface area (Å²) in [6, 6.07) is 8.86. The highest BCUT2D eigenvalue weighted by Crippen LogP contribution is 2.34. The summed E-state index contributed by atoms with van der Waals surface area (Å²) < 4.78 is 14.1. The standard InChI is InChI=1S/C24H28FN3O2S/c25-19-5-1-2-6-20(19)26-11-13-28(14-12-26)23(29)17-7-8-21-18(15-17)16-22(31-21)24(30)27-9-3-4-10-27/h1-2,5-6,16-17H,3-4,7-15H2/t17-/m1/s1. The number of carbonyl (C=O) groups is 2. The van der Waals surface area contributed by atoms with Gasteiger partial charge in [-0.1, -0.05) is 12.1 Å². The first-order chi connectivity index (χ1) is 15.1. The number of benzene rings is 1. The number of amides is 2. The van der Waals surface area contributed by atoms with E-state index in [1.807, 2.05) is 26.8 Å². The van der Waals surface area contributed by atoms with Crippen molar-refractivity contribution in [3.63, 3.8) is 0 Å². The van der Waals surface area contributed by atoms with E-state index in [1.54, 1.807) is 23.5 Å². The summed E-state index contributed by atoms with van der Waals surface area (Å²) in [5, 5.41) is 0. The van der Waals surface area contributed by atoms with Gasteiger partial charge in [-0.25, -0.2) is 4.39 Å². The summed E-state index contributed by atoms with van der Waals surface area (Å²) >= 11 is 1.62. The van der Waals surface area contributed by atoms with Crippen molar-refractivity contribution in [2.45, 2.75) is 32.1 Å². The average Bonchev–Trinajstić information content (AvgIpc) is 3.48. The van der Waals surface area contributed by atoms with E-state index in [9.17, 15) is 14.0 Å². The van der Waals surface area contributed by atoms with Gasteiger partial charge in [-0.05, 0) is 55.9 Å². The number of nitrogens with zero attached hydrogens (tertiary/aromatic N) is 3. The van der Waals surface area contributed by atoms with Crippen LogP contribution in [0.1, 0.15) is 39.4 Å². The number of para-hydroxylation sites is 1. The lowest BCUT2D eigenvalue weighted by molar-refractivity contribution is -0.136. The smallest absolute Gasteiger partial charge is 0.263 e. The highest BCUT2D eigenvalue weighted by atomic mass is 32.1. The average molecular weight is 442 g/mol. The Hall–Kier alpha value is -2.41. The summed E-state index contributed by atoms with van der Waals surface area (Å²) in [5.74, 6) is 0.136. The maximum atomic E-state index is 14.1. The first-order valence-corrected chi connectivity index (χ1v) is 12.1. The second-order valence-corrected chi connectivity index (χ2v) is 9.90. The van der Waals surface area contributed by atoms with Crippen molar-refractivity contribution in [2.24, 2.45) is 5.92 Å². The number of aryl methyl sites for hydroxylation is 1. The Morgan fingerprint density at radius 1 is 0.968 bits per heavy atom. The molecule has 5 rings (SSSR count). The molecule has 1 atom stereocenters. The highest BCUT2D eigenvalue weighted by molar-refractivity contribution is 7.14. The lowest BCUT2D eigenvalue weighted by Crippen LogP contribution is -2.51. The van der Waals surface area contributed by atoms with E-state index in [4.69, 9.17) is 0 Å². The molecule has 2 aromatic rings. The lowest BCUT2D eigenvalue weighted by atomic mass is 9.87. The molecule has 5 nitrogen and oxygen atoms in total. The molecular formula is C24H28FN3O2S. The number of thiophene rings is 1. The maximum absolute atomic E-state index is 14.1. The number of piperazine rings is 1. The molecule has 1 aromatic carbocycles. The zero-order chi connectivity index (χ0) is 21.4. The zero-order valence-electron chi connectivity index (χ0n) is 17.7. The van der Waals surface area contributed by atoms with Gasteiger partial charge in [0, 0.05) is 50.1 Å². The largest absolute Gasteiger partial charge is 0.366 e. The van der Waals surface area contributed by atoms with Crippen LogP contribution in [-0.2, 0) is 17.6 Å². The van der Waals surface area contributed by atoms with Crippen LogP contribution in [0.4, 0.5) is 10.1 Å². The number of rotatable bonds is 3. The van der Waals surface area contributed by atoms with Crippen LogP contribution in [-0.4, -0.2) is 60.9 Å². The second-order valence-electron chi connectivity index (χ2n) is 8.76. The van der Waals surface area contributed by atoms with Crippen LogP contribution in [0, 0.1) is 11.7 Å². The first-order valence-electron chi connectivity index (χ1n) is 11.3. The minimum Gasteiger partial charge on any atom is -0.366 e. The fraction of sp³-hybridized carbons (Fsp3) is 0.500. The molecule has 2 amide bonds. The minimum atomic E-state index is -0.209. The molecule has 2 fully saturated rings. The molecule has 2 saturated heterocycles. The SMILES string of the molecule is O=C(c1cc2c(s1)CC[C@@H](C(=O)N1CCN(c3ccccc3F)CC1)C2)N1CCCC1. The summed E-state index contributed by atoms with van der Waals surface area (Å²) in [4.78, 5) is 33.9. The quantitative estimate of drug-likeness (QED) is 0.731. The maximum Gasteiger partial charge on any atom is 0.263 e. The molecule has 2 aliphatic heterocycles. The monoisotopic (exact) mass is 441 g/mol. The normalized spacial score (nSPS) is 21.3. The van der Waals surface area contributed by atoms with Crippen LogP contribution in [0.25, 0.3) is 0 Å². The van der Waals surface area contributed by atoms with Crippen molar-refractivity contribution in [1.82, 2.24) is 9.80 Å². The van der Waals surface area contributed by atoms with Crippen molar-refractivity contribution < 1.29 is 14.0 Å². The van der Waals surface area contributed by atoms with E-state index in [2.05, 4.69) is 0 Å². The van der Waals surface area contributed by atoms with Crippen molar-refractivity contribution in [2.75, 3.05) is 44.2 Å². The number of carbonyl (C=O) groups excluding carboxylic acids is 2. The highest BCUT2D eigenvalue weighted by Gasteiger charge is 2.32.